The van der Waals surface area contributed by atoms with E-state index in [9.17, 15) is 4.79 Å². The summed E-state index contributed by atoms with van der Waals surface area (Å²) >= 11 is 0. The van der Waals surface area contributed by atoms with Crippen LogP contribution in [0.2, 0.25) is 0 Å². The fourth-order valence-corrected chi connectivity index (χ4v) is 2.58. The van der Waals surface area contributed by atoms with Crippen molar-refractivity contribution in [2.45, 2.75) is 26.4 Å². The first kappa shape index (κ1) is 14.7. The lowest BCUT2D eigenvalue weighted by Gasteiger charge is -2.31. The average Bonchev–Trinajstić information content (AvgIpc) is 3.13. The van der Waals surface area contributed by atoms with Crippen LogP contribution in [0.1, 0.15) is 40.7 Å². The van der Waals surface area contributed by atoms with E-state index in [4.69, 9.17) is 4.74 Å². The number of carbonyl (C=O) groups excluding carboxylic acids is 1. The number of hydrogen-bond acceptors (Lipinski definition) is 5. The second kappa shape index (κ2) is 5.88. The molecule has 1 unspecified atom stereocenters. The minimum atomic E-state index is -0.286. The minimum absolute atomic E-state index is 0.0230. The van der Waals surface area contributed by atoms with Gasteiger partial charge >= 0.3 is 0 Å². The molecule has 118 valence electrons. The number of morpholine rings is 1. The van der Waals surface area contributed by atoms with Crippen molar-refractivity contribution >= 4 is 5.91 Å². The molecule has 3 heterocycles. The monoisotopic (exact) mass is 304 g/mol. The summed E-state index contributed by atoms with van der Waals surface area (Å²) in [5.74, 6) is 1.41. The van der Waals surface area contributed by atoms with Crippen molar-refractivity contribution in [2.75, 3.05) is 19.7 Å². The van der Waals surface area contributed by atoms with E-state index < -0.39 is 0 Å². The fourth-order valence-electron chi connectivity index (χ4n) is 2.58. The molecular weight excluding hydrogens is 284 g/mol. The molecule has 3 rings (SSSR count). The molecule has 1 aliphatic rings. The van der Waals surface area contributed by atoms with Gasteiger partial charge in [-0.1, -0.05) is 6.92 Å². The first-order chi connectivity index (χ1) is 10.6. The summed E-state index contributed by atoms with van der Waals surface area (Å²) in [6, 6.07) is 0. The smallest absolute Gasteiger partial charge is 0.257 e. The number of nitrogens with zero attached hydrogens (tertiary/aromatic N) is 5. The van der Waals surface area contributed by atoms with E-state index in [2.05, 4.69) is 20.3 Å². The Hall–Kier alpha value is -2.22. The molecule has 0 radical (unpaired) electrons. The van der Waals surface area contributed by atoms with Crippen LogP contribution in [0, 0.1) is 6.92 Å². The summed E-state index contributed by atoms with van der Waals surface area (Å²) in [7, 11) is 1.81. The van der Waals surface area contributed by atoms with Crippen LogP contribution in [0.5, 0.6) is 0 Å². The van der Waals surface area contributed by atoms with E-state index in [1.54, 1.807) is 15.8 Å². The number of amides is 1. The molecule has 8 nitrogen and oxygen atoms in total. The zero-order valence-electron chi connectivity index (χ0n) is 13.0. The van der Waals surface area contributed by atoms with Crippen molar-refractivity contribution in [1.82, 2.24) is 29.9 Å². The van der Waals surface area contributed by atoms with E-state index in [1.807, 2.05) is 20.9 Å². The Kier molecular flexibility index (Phi) is 3.93. The average molecular weight is 304 g/mol. The number of ether oxygens (including phenoxy) is 1. The zero-order valence-corrected chi connectivity index (χ0v) is 13.0. The maximum absolute atomic E-state index is 12.6. The second-order valence-corrected chi connectivity index (χ2v) is 5.41. The maximum atomic E-state index is 12.6. The lowest BCUT2D eigenvalue weighted by molar-refractivity contribution is -0.0267. The van der Waals surface area contributed by atoms with Crippen LogP contribution in [0.25, 0.3) is 0 Å². The lowest BCUT2D eigenvalue weighted by Crippen LogP contribution is -2.42. The van der Waals surface area contributed by atoms with Gasteiger partial charge in [-0.25, -0.2) is 4.98 Å². The standard InChI is InChI=1S/C14H20N6O2/c1-4-12-15-13(17-16-12)11-8-20(5-6-22-11)14(21)10-7-19(3)18-9(10)2/h7,11H,4-6,8H2,1-3H3,(H,15,16,17). The van der Waals surface area contributed by atoms with Gasteiger partial charge in [-0.2, -0.15) is 10.2 Å². The Morgan fingerprint density at radius 2 is 2.36 bits per heavy atom. The molecule has 0 bridgehead atoms. The van der Waals surface area contributed by atoms with Crippen LogP contribution in [0.4, 0.5) is 0 Å². The molecule has 1 amide bonds. The third-order valence-corrected chi connectivity index (χ3v) is 3.77. The Morgan fingerprint density at radius 3 is 3.00 bits per heavy atom. The summed E-state index contributed by atoms with van der Waals surface area (Å²) in [6.45, 7) is 5.34. The van der Waals surface area contributed by atoms with Gasteiger partial charge < -0.3 is 9.64 Å². The molecule has 1 saturated heterocycles. The predicted molar refractivity (Wildman–Crippen MR) is 78.3 cm³/mol. The van der Waals surface area contributed by atoms with Gasteiger partial charge in [0.2, 0.25) is 0 Å². The number of carbonyl (C=O) groups is 1. The van der Waals surface area contributed by atoms with Gasteiger partial charge in [-0.15, -0.1) is 0 Å². The van der Waals surface area contributed by atoms with Crippen molar-refractivity contribution in [1.29, 1.82) is 0 Å². The van der Waals surface area contributed by atoms with Crippen LogP contribution in [-0.4, -0.2) is 55.5 Å². The largest absolute Gasteiger partial charge is 0.366 e. The number of rotatable bonds is 3. The van der Waals surface area contributed by atoms with Gasteiger partial charge in [0.15, 0.2) is 5.82 Å². The molecule has 1 atom stereocenters. The van der Waals surface area contributed by atoms with Crippen LogP contribution in [-0.2, 0) is 18.2 Å². The fraction of sp³-hybridized carbons (Fsp3) is 0.571. The van der Waals surface area contributed by atoms with Crippen LogP contribution >= 0.6 is 0 Å². The van der Waals surface area contributed by atoms with Gasteiger partial charge in [0.25, 0.3) is 5.91 Å². The molecule has 1 fully saturated rings. The number of aromatic amines is 1. The molecule has 2 aromatic rings. The Balaban J connectivity index is 1.75. The van der Waals surface area contributed by atoms with E-state index in [0.29, 0.717) is 31.1 Å². The first-order valence-electron chi connectivity index (χ1n) is 7.40. The van der Waals surface area contributed by atoms with Crippen molar-refractivity contribution in [2.24, 2.45) is 7.05 Å². The summed E-state index contributed by atoms with van der Waals surface area (Å²) in [4.78, 5) is 18.8. The topological polar surface area (TPSA) is 88.9 Å². The highest BCUT2D eigenvalue weighted by molar-refractivity contribution is 5.95. The predicted octanol–water partition coefficient (Wildman–Crippen LogP) is 0.623. The molecule has 1 aliphatic heterocycles. The minimum Gasteiger partial charge on any atom is -0.366 e. The van der Waals surface area contributed by atoms with Crippen LogP contribution in [0.15, 0.2) is 6.20 Å². The van der Waals surface area contributed by atoms with Crippen molar-refractivity contribution in [3.8, 4) is 0 Å². The third kappa shape index (κ3) is 2.74. The van der Waals surface area contributed by atoms with Crippen molar-refractivity contribution in [3.05, 3.63) is 29.1 Å². The van der Waals surface area contributed by atoms with E-state index in [1.165, 1.54) is 0 Å². The van der Waals surface area contributed by atoms with Crippen molar-refractivity contribution in [3.63, 3.8) is 0 Å². The van der Waals surface area contributed by atoms with Crippen LogP contribution < -0.4 is 0 Å². The number of hydrogen-bond donors (Lipinski definition) is 1. The number of aryl methyl sites for hydroxylation is 3. The quantitative estimate of drug-likeness (QED) is 0.898. The second-order valence-electron chi connectivity index (χ2n) is 5.41. The third-order valence-electron chi connectivity index (χ3n) is 3.77. The lowest BCUT2D eigenvalue weighted by atomic mass is 10.2. The molecule has 22 heavy (non-hydrogen) atoms. The normalized spacial score (nSPS) is 18.7. The Morgan fingerprint density at radius 1 is 1.55 bits per heavy atom. The van der Waals surface area contributed by atoms with E-state index >= 15 is 0 Å². The molecule has 0 spiro atoms. The van der Waals surface area contributed by atoms with Crippen LogP contribution in [0.3, 0.4) is 0 Å². The zero-order chi connectivity index (χ0) is 15.7. The van der Waals surface area contributed by atoms with Gasteiger partial charge in [0.05, 0.1) is 24.4 Å². The highest BCUT2D eigenvalue weighted by Gasteiger charge is 2.29. The van der Waals surface area contributed by atoms with Crippen molar-refractivity contribution < 1.29 is 9.53 Å². The SMILES string of the molecule is CCc1nc(C2CN(C(=O)c3cn(C)nc3C)CCO2)n[nH]1. The summed E-state index contributed by atoms with van der Waals surface area (Å²) < 4.78 is 7.37. The Labute approximate surface area is 128 Å². The number of aromatic nitrogens is 5. The van der Waals surface area contributed by atoms with E-state index in [0.717, 1.165) is 17.9 Å². The molecule has 2 aromatic heterocycles. The summed E-state index contributed by atoms with van der Waals surface area (Å²) in [6.07, 6.45) is 2.26. The Bertz CT molecular complexity index is 677. The number of nitrogens with one attached hydrogen (secondary N) is 1. The highest BCUT2D eigenvalue weighted by atomic mass is 16.5. The molecule has 0 saturated carbocycles. The van der Waals surface area contributed by atoms with Gasteiger partial charge in [-0.3, -0.25) is 14.6 Å². The number of H-pyrrole nitrogens is 1. The van der Waals surface area contributed by atoms with E-state index in [-0.39, 0.29) is 12.0 Å². The summed E-state index contributed by atoms with van der Waals surface area (Å²) in [5.41, 5.74) is 1.37. The highest BCUT2D eigenvalue weighted by Crippen LogP contribution is 2.21. The van der Waals surface area contributed by atoms with Gasteiger partial charge in [0.1, 0.15) is 11.9 Å². The molecule has 0 aromatic carbocycles. The first-order valence-corrected chi connectivity index (χ1v) is 7.40. The molecular formula is C14H20N6O2. The molecule has 8 heteroatoms. The van der Waals surface area contributed by atoms with Gasteiger partial charge in [0, 0.05) is 26.2 Å². The molecule has 0 aliphatic carbocycles. The summed E-state index contributed by atoms with van der Waals surface area (Å²) in [5, 5.41) is 11.3. The van der Waals surface area contributed by atoms with Gasteiger partial charge in [-0.05, 0) is 6.92 Å². The maximum Gasteiger partial charge on any atom is 0.257 e. The molecule has 1 N–H and O–H groups in total.